The molecule has 0 aromatic carbocycles. The number of aliphatic hydroxyl groups is 4. The van der Waals surface area contributed by atoms with Gasteiger partial charge in [0.05, 0.1) is 12.7 Å². The summed E-state index contributed by atoms with van der Waals surface area (Å²) < 4.78 is 0. The third kappa shape index (κ3) is 2.52. The SMILES string of the molecule is OCCC(O)C(O)c1ccsc1CO. The molecule has 2 atom stereocenters. The van der Waals surface area contributed by atoms with Gasteiger partial charge >= 0.3 is 0 Å². The van der Waals surface area contributed by atoms with Gasteiger partial charge in [-0.1, -0.05) is 0 Å². The van der Waals surface area contributed by atoms with Gasteiger partial charge in [-0.15, -0.1) is 11.3 Å². The molecule has 0 radical (unpaired) electrons. The predicted molar refractivity (Wildman–Crippen MR) is 52.9 cm³/mol. The van der Waals surface area contributed by atoms with Crippen molar-refractivity contribution >= 4 is 11.3 Å². The largest absolute Gasteiger partial charge is 0.396 e. The van der Waals surface area contributed by atoms with Gasteiger partial charge in [0.15, 0.2) is 0 Å². The van der Waals surface area contributed by atoms with Crippen molar-refractivity contribution in [2.45, 2.75) is 25.2 Å². The monoisotopic (exact) mass is 218 g/mol. The van der Waals surface area contributed by atoms with Crippen molar-refractivity contribution in [2.75, 3.05) is 6.61 Å². The average Bonchev–Trinajstić information content (AvgIpc) is 2.64. The van der Waals surface area contributed by atoms with Crippen LogP contribution in [0.2, 0.25) is 0 Å². The summed E-state index contributed by atoms with van der Waals surface area (Å²) in [6.07, 6.45) is -1.89. The summed E-state index contributed by atoms with van der Waals surface area (Å²) in [5, 5.41) is 38.4. The quantitative estimate of drug-likeness (QED) is 0.561. The van der Waals surface area contributed by atoms with E-state index in [1.165, 1.54) is 11.3 Å². The first kappa shape index (κ1) is 11.6. The topological polar surface area (TPSA) is 80.9 Å². The summed E-state index contributed by atoms with van der Waals surface area (Å²) in [7, 11) is 0. The Morgan fingerprint density at radius 3 is 2.57 bits per heavy atom. The maximum absolute atomic E-state index is 9.66. The van der Waals surface area contributed by atoms with Gasteiger partial charge in [-0.25, -0.2) is 0 Å². The number of thiophene rings is 1. The van der Waals surface area contributed by atoms with E-state index >= 15 is 0 Å². The van der Waals surface area contributed by atoms with Gasteiger partial charge in [0.1, 0.15) is 6.10 Å². The van der Waals surface area contributed by atoms with Crippen LogP contribution in [0.25, 0.3) is 0 Å². The standard InChI is InChI=1S/C9H14O4S/c10-3-1-7(12)9(13)6-2-4-14-8(6)5-11/h2,4,7,9-13H,1,3,5H2. The molecule has 14 heavy (non-hydrogen) atoms. The maximum atomic E-state index is 9.66. The summed E-state index contributed by atoms with van der Waals surface area (Å²) in [6.45, 7) is -0.313. The molecule has 0 spiro atoms. The molecule has 0 saturated heterocycles. The highest BCUT2D eigenvalue weighted by molar-refractivity contribution is 7.10. The molecule has 5 heteroatoms. The molecule has 1 aromatic rings. The van der Waals surface area contributed by atoms with E-state index in [4.69, 9.17) is 10.2 Å². The zero-order valence-electron chi connectivity index (χ0n) is 7.63. The van der Waals surface area contributed by atoms with Crippen LogP contribution in [0.15, 0.2) is 11.4 Å². The van der Waals surface area contributed by atoms with Crippen LogP contribution in [0.5, 0.6) is 0 Å². The number of aliphatic hydroxyl groups excluding tert-OH is 4. The van der Waals surface area contributed by atoms with Crippen molar-refractivity contribution in [1.82, 2.24) is 0 Å². The van der Waals surface area contributed by atoms with E-state index in [1.54, 1.807) is 11.4 Å². The van der Waals surface area contributed by atoms with Gasteiger partial charge in [0, 0.05) is 11.5 Å². The lowest BCUT2D eigenvalue weighted by molar-refractivity contribution is 0.00358. The van der Waals surface area contributed by atoms with Crippen LogP contribution in [-0.2, 0) is 6.61 Å². The minimum atomic E-state index is -1.03. The molecule has 0 bridgehead atoms. The fourth-order valence-corrected chi connectivity index (χ4v) is 2.02. The molecule has 1 heterocycles. The Kier molecular flexibility index (Phi) is 4.50. The smallest absolute Gasteiger partial charge is 0.106 e. The molecule has 80 valence electrons. The van der Waals surface area contributed by atoms with Gasteiger partial charge < -0.3 is 20.4 Å². The van der Waals surface area contributed by atoms with E-state index in [0.717, 1.165) is 0 Å². The highest BCUT2D eigenvalue weighted by Gasteiger charge is 2.20. The van der Waals surface area contributed by atoms with Crippen LogP contribution < -0.4 is 0 Å². The van der Waals surface area contributed by atoms with Crippen LogP contribution in [0.4, 0.5) is 0 Å². The van der Waals surface area contributed by atoms with Crippen LogP contribution in [0, 0.1) is 0 Å². The van der Waals surface area contributed by atoms with Crippen molar-refractivity contribution < 1.29 is 20.4 Å². The van der Waals surface area contributed by atoms with E-state index in [2.05, 4.69) is 0 Å². The van der Waals surface area contributed by atoms with Crippen molar-refractivity contribution in [3.8, 4) is 0 Å². The first-order chi connectivity index (χ1) is 6.70. The lowest BCUT2D eigenvalue weighted by Crippen LogP contribution is -2.19. The second-order valence-corrected chi connectivity index (χ2v) is 3.98. The highest BCUT2D eigenvalue weighted by Crippen LogP contribution is 2.26. The van der Waals surface area contributed by atoms with Gasteiger partial charge in [-0.2, -0.15) is 0 Å². The van der Waals surface area contributed by atoms with E-state index < -0.39 is 12.2 Å². The van der Waals surface area contributed by atoms with Crippen molar-refractivity contribution in [3.63, 3.8) is 0 Å². The Hall–Kier alpha value is -0.460. The molecule has 1 rings (SSSR count). The van der Waals surface area contributed by atoms with Crippen LogP contribution in [0.3, 0.4) is 0 Å². The molecule has 0 aliphatic heterocycles. The normalized spacial score (nSPS) is 15.4. The molecule has 0 aliphatic carbocycles. The Morgan fingerprint density at radius 1 is 1.29 bits per heavy atom. The highest BCUT2D eigenvalue weighted by atomic mass is 32.1. The first-order valence-electron chi connectivity index (χ1n) is 4.34. The number of hydrogen-bond acceptors (Lipinski definition) is 5. The van der Waals surface area contributed by atoms with Crippen molar-refractivity contribution in [2.24, 2.45) is 0 Å². The minimum absolute atomic E-state index is 0.127. The summed E-state index contributed by atoms with van der Waals surface area (Å²) in [6, 6.07) is 1.67. The molecule has 0 saturated carbocycles. The Morgan fingerprint density at radius 2 is 2.00 bits per heavy atom. The average molecular weight is 218 g/mol. The Labute approximate surface area is 86.1 Å². The summed E-state index contributed by atoms with van der Waals surface area (Å²) in [4.78, 5) is 0.648. The summed E-state index contributed by atoms with van der Waals surface area (Å²) in [5.41, 5.74) is 0.540. The second-order valence-electron chi connectivity index (χ2n) is 2.98. The summed E-state index contributed by atoms with van der Waals surface area (Å²) >= 11 is 1.33. The Balaban J connectivity index is 2.72. The summed E-state index contributed by atoms with van der Waals surface area (Å²) in [5.74, 6) is 0. The molecule has 0 amide bonds. The van der Waals surface area contributed by atoms with Crippen LogP contribution in [-0.4, -0.2) is 33.1 Å². The third-order valence-electron chi connectivity index (χ3n) is 2.03. The molecule has 4 nitrogen and oxygen atoms in total. The second kappa shape index (κ2) is 5.43. The van der Waals surface area contributed by atoms with E-state index in [-0.39, 0.29) is 19.6 Å². The van der Waals surface area contributed by atoms with Crippen molar-refractivity contribution in [3.05, 3.63) is 21.9 Å². The minimum Gasteiger partial charge on any atom is -0.396 e. The van der Waals surface area contributed by atoms with E-state index in [0.29, 0.717) is 10.4 Å². The molecule has 1 aromatic heterocycles. The molecular weight excluding hydrogens is 204 g/mol. The van der Waals surface area contributed by atoms with Crippen molar-refractivity contribution in [1.29, 1.82) is 0 Å². The zero-order chi connectivity index (χ0) is 10.6. The van der Waals surface area contributed by atoms with E-state index in [9.17, 15) is 10.2 Å². The van der Waals surface area contributed by atoms with E-state index in [1.807, 2.05) is 0 Å². The van der Waals surface area contributed by atoms with Crippen LogP contribution >= 0.6 is 11.3 Å². The molecule has 0 aliphatic rings. The lowest BCUT2D eigenvalue weighted by atomic mass is 10.0. The lowest BCUT2D eigenvalue weighted by Gasteiger charge is -2.17. The number of rotatable bonds is 5. The first-order valence-corrected chi connectivity index (χ1v) is 5.22. The molecule has 2 unspecified atom stereocenters. The van der Waals surface area contributed by atoms with Gasteiger partial charge in [0.2, 0.25) is 0 Å². The van der Waals surface area contributed by atoms with Gasteiger partial charge in [-0.05, 0) is 23.4 Å². The third-order valence-corrected chi connectivity index (χ3v) is 2.95. The molecule has 4 N–H and O–H groups in total. The predicted octanol–water partition coefficient (Wildman–Crippen LogP) is 0.0171. The molecule has 0 fully saturated rings. The molecular formula is C9H14O4S. The fourth-order valence-electron chi connectivity index (χ4n) is 1.24. The Bertz CT molecular complexity index is 274. The fraction of sp³-hybridized carbons (Fsp3) is 0.556. The maximum Gasteiger partial charge on any atom is 0.106 e. The van der Waals surface area contributed by atoms with Gasteiger partial charge in [-0.3, -0.25) is 0 Å². The van der Waals surface area contributed by atoms with Crippen LogP contribution in [0.1, 0.15) is 23.0 Å². The number of hydrogen-bond donors (Lipinski definition) is 4. The van der Waals surface area contributed by atoms with Gasteiger partial charge in [0.25, 0.3) is 0 Å². The zero-order valence-corrected chi connectivity index (χ0v) is 8.44.